The van der Waals surface area contributed by atoms with E-state index in [9.17, 15) is 14.4 Å². The molecule has 2 aromatic carbocycles. The van der Waals surface area contributed by atoms with Crippen LogP contribution in [0.15, 0.2) is 51.7 Å². The van der Waals surface area contributed by atoms with Gasteiger partial charge in [0.05, 0.1) is 17.5 Å². The third-order valence-electron chi connectivity index (χ3n) is 4.16. The first kappa shape index (κ1) is 20.4. The number of hydrogen-bond acceptors (Lipinski definition) is 6. The SMILES string of the molecule is COc1ccc(NC(=O)[C@H](C)OC(=O)c2cc(=O)c3cc(C)ccc3o2)cc1Cl. The normalized spacial score (nSPS) is 11.7. The molecule has 0 saturated heterocycles. The van der Waals surface area contributed by atoms with Gasteiger partial charge in [-0.05, 0) is 44.2 Å². The van der Waals surface area contributed by atoms with Crippen LogP contribution in [0.2, 0.25) is 5.02 Å². The van der Waals surface area contributed by atoms with E-state index in [2.05, 4.69) is 5.32 Å². The maximum Gasteiger partial charge on any atom is 0.375 e. The van der Waals surface area contributed by atoms with E-state index in [1.54, 1.807) is 30.3 Å². The van der Waals surface area contributed by atoms with E-state index in [0.717, 1.165) is 11.6 Å². The molecule has 0 unspecified atom stereocenters. The van der Waals surface area contributed by atoms with Crippen molar-refractivity contribution in [1.29, 1.82) is 0 Å². The van der Waals surface area contributed by atoms with Crippen molar-refractivity contribution in [3.8, 4) is 5.75 Å². The molecule has 29 heavy (non-hydrogen) atoms. The number of ether oxygens (including phenoxy) is 2. The highest BCUT2D eigenvalue weighted by Gasteiger charge is 2.22. The van der Waals surface area contributed by atoms with Gasteiger partial charge < -0.3 is 19.2 Å². The standard InChI is InChI=1S/C21H18ClNO6/c1-11-4-6-17-14(8-11)16(24)10-19(29-17)21(26)28-12(2)20(25)23-13-5-7-18(27-3)15(22)9-13/h4-10,12H,1-3H3,(H,23,25)/t12-/m0/s1. The number of hydrogen-bond donors (Lipinski definition) is 1. The summed E-state index contributed by atoms with van der Waals surface area (Å²) < 4.78 is 15.6. The van der Waals surface area contributed by atoms with Crippen molar-refractivity contribution >= 4 is 40.1 Å². The number of aryl methyl sites for hydroxylation is 1. The average Bonchev–Trinajstić information content (AvgIpc) is 2.68. The van der Waals surface area contributed by atoms with Crippen LogP contribution in [0, 0.1) is 6.92 Å². The molecule has 150 valence electrons. The number of anilines is 1. The minimum absolute atomic E-state index is 0.264. The van der Waals surface area contributed by atoms with Crippen LogP contribution in [0.3, 0.4) is 0 Å². The summed E-state index contributed by atoms with van der Waals surface area (Å²) in [6.45, 7) is 3.25. The molecule has 7 nitrogen and oxygen atoms in total. The van der Waals surface area contributed by atoms with Crippen molar-refractivity contribution in [1.82, 2.24) is 0 Å². The molecular weight excluding hydrogens is 398 g/mol. The monoisotopic (exact) mass is 415 g/mol. The lowest BCUT2D eigenvalue weighted by Crippen LogP contribution is -2.30. The molecule has 0 radical (unpaired) electrons. The summed E-state index contributed by atoms with van der Waals surface area (Å²) >= 11 is 6.03. The number of fused-ring (bicyclic) bond motifs is 1. The van der Waals surface area contributed by atoms with E-state index in [1.807, 2.05) is 6.92 Å². The number of nitrogens with one attached hydrogen (secondary N) is 1. The Morgan fingerprint density at radius 3 is 2.59 bits per heavy atom. The van der Waals surface area contributed by atoms with Crippen LogP contribution in [0.25, 0.3) is 11.0 Å². The van der Waals surface area contributed by atoms with Crippen molar-refractivity contribution in [3.63, 3.8) is 0 Å². The minimum atomic E-state index is -1.14. The zero-order valence-electron chi connectivity index (χ0n) is 15.9. The van der Waals surface area contributed by atoms with Gasteiger partial charge in [0.1, 0.15) is 11.3 Å². The van der Waals surface area contributed by atoms with Crippen LogP contribution < -0.4 is 15.5 Å². The molecule has 0 aliphatic rings. The molecule has 0 aliphatic heterocycles. The van der Waals surface area contributed by atoms with Crippen LogP contribution in [-0.4, -0.2) is 25.1 Å². The third-order valence-corrected chi connectivity index (χ3v) is 4.45. The van der Waals surface area contributed by atoms with Crippen molar-refractivity contribution in [2.24, 2.45) is 0 Å². The third kappa shape index (κ3) is 4.57. The second-order valence-corrected chi connectivity index (χ2v) is 6.77. The van der Waals surface area contributed by atoms with E-state index in [4.69, 9.17) is 25.5 Å². The molecule has 8 heteroatoms. The number of halogens is 1. The van der Waals surface area contributed by atoms with Gasteiger partial charge in [0.15, 0.2) is 11.5 Å². The summed E-state index contributed by atoms with van der Waals surface area (Å²) in [5.41, 5.74) is 1.20. The highest BCUT2D eigenvalue weighted by atomic mass is 35.5. The minimum Gasteiger partial charge on any atom is -0.495 e. The van der Waals surface area contributed by atoms with Crippen molar-refractivity contribution < 1.29 is 23.5 Å². The Morgan fingerprint density at radius 2 is 1.90 bits per heavy atom. The van der Waals surface area contributed by atoms with Crippen LogP contribution >= 0.6 is 11.6 Å². The highest BCUT2D eigenvalue weighted by Crippen LogP contribution is 2.27. The zero-order chi connectivity index (χ0) is 21.1. The number of carbonyl (C=O) groups is 2. The lowest BCUT2D eigenvalue weighted by molar-refractivity contribution is -0.123. The number of amides is 1. The van der Waals surface area contributed by atoms with E-state index >= 15 is 0 Å². The Kier molecular flexibility index (Phi) is 5.89. The number of carbonyl (C=O) groups excluding carboxylic acids is 2. The lowest BCUT2D eigenvalue weighted by Gasteiger charge is -2.14. The van der Waals surface area contributed by atoms with Crippen molar-refractivity contribution in [3.05, 3.63) is 69.0 Å². The fourth-order valence-electron chi connectivity index (χ4n) is 2.63. The number of benzene rings is 2. The van der Waals surface area contributed by atoms with Gasteiger partial charge in [0.2, 0.25) is 5.76 Å². The molecule has 0 bridgehead atoms. The van der Waals surface area contributed by atoms with Gasteiger partial charge in [-0.25, -0.2) is 4.79 Å². The number of esters is 1. The van der Waals surface area contributed by atoms with Gasteiger partial charge >= 0.3 is 5.97 Å². The van der Waals surface area contributed by atoms with Gasteiger partial charge in [-0.3, -0.25) is 9.59 Å². The quantitative estimate of drug-likeness (QED) is 0.634. The molecule has 1 atom stereocenters. The maximum absolute atomic E-state index is 12.3. The topological polar surface area (TPSA) is 94.8 Å². The second kappa shape index (κ2) is 8.36. The van der Waals surface area contributed by atoms with E-state index in [1.165, 1.54) is 20.1 Å². The van der Waals surface area contributed by atoms with Crippen molar-refractivity contribution in [2.45, 2.75) is 20.0 Å². The molecule has 0 spiro atoms. The van der Waals surface area contributed by atoms with Crippen LogP contribution in [0.4, 0.5) is 5.69 Å². The molecule has 0 aliphatic carbocycles. The predicted molar refractivity (Wildman–Crippen MR) is 109 cm³/mol. The Bertz CT molecular complexity index is 1150. The van der Waals surface area contributed by atoms with Crippen LogP contribution in [0.1, 0.15) is 23.0 Å². The van der Waals surface area contributed by atoms with Gasteiger partial charge in [0, 0.05) is 11.8 Å². The van der Waals surface area contributed by atoms with Gasteiger partial charge in [-0.1, -0.05) is 23.2 Å². The molecule has 3 aromatic rings. The molecule has 1 heterocycles. The summed E-state index contributed by atoms with van der Waals surface area (Å²) in [6, 6.07) is 10.8. The summed E-state index contributed by atoms with van der Waals surface area (Å²) in [5, 5.41) is 3.28. The van der Waals surface area contributed by atoms with Gasteiger partial charge in [-0.15, -0.1) is 0 Å². The second-order valence-electron chi connectivity index (χ2n) is 6.36. The zero-order valence-corrected chi connectivity index (χ0v) is 16.7. The molecule has 0 fully saturated rings. The fourth-order valence-corrected chi connectivity index (χ4v) is 2.89. The summed E-state index contributed by atoms with van der Waals surface area (Å²) in [7, 11) is 1.48. The first-order valence-electron chi connectivity index (χ1n) is 8.68. The number of rotatable bonds is 5. The van der Waals surface area contributed by atoms with Crippen molar-refractivity contribution in [2.75, 3.05) is 12.4 Å². The Balaban J connectivity index is 1.72. The summed E-state index contributed by atoms with van der Waals surface area (Å²) in [4.78, 5) is 36.9. The first-order chi connectivity index (χ1) is 13.8. The summed E-state index contributed by atoms with van der Waals surface area (Å²) in [5.74, 6) is -1.30. The van der Waals surface area contributed by atoms with E-state index in [0.29, 0.717) is 21.8 Å². The first-order valence-corrected chi connectivity index (χ1v) is 9.06. The largest absolute Gasteiger partial charge is 0.495 e. The van der Waals surface area contributed by atoms with Crippen LogP contribution in [0.5, 0.6) is 5.75 Å². The predicted octanol–water partition coefficient (Wildman–Crippen LogP) is 3.95. The van der Waals surface area contributed by atoms with Gasteiger partial charge in [0.25, 0.3) is 5.91 Å². The van der Waals surface area contributed by atoms with E-state index < -0.39 is 18.0 Å². The van der Waals surface area contributed by atoms with Gasteiger partial charge in [-0.2, -0.15) is 0 Å². The average molecular weight is 416 g/mol. The lowest BCUT2D eigenvalue weighted by atomic mass is 10.1. The summed E-state index contributed by atoms with van der Waals surface area (Å²) in [6.07, 6.45) is -1.14. The Labute approximate surface area is 171 Å². The van der Waals surface area contributed by atoms with E-state index in [-0.39, 0.29) is 16.8 Å². The molecule has 0 saturated carbocycles. The fraction of sp³-hybridized carbons (Fsp3) is 0.190. The Hall–Kier alpha value is -3.32. The number of methoxy groups -OCH3 is 1. The molecular formula is C21H18ClNO6. The highest BCUT2D eigenvalue weighted by molar-refractivity contribution is 6.32. The molecule has 1 aromatic heterocycles. The maximum atomic E-state index is 12.3. The molecule has 3 rings (SSSR count). The van der Waals surface area contributed by atoms with Crippen LogP contribution in [-0.2, 0) is 9.53 Å². The Morgan fingerprint density at radius 1 is 1.14 bits per heavy atom. The smallest absolute Gasteiger partial charge is 0.375 e. The molecule has 1 N–H and O–H groups in total. The molecule has 1 amide bonds.